The maximum Gasteiger partial charge on any atom is 0.256 e. The van der Waals surface area contributed by atoms with E-state index < -0.39 is 11.1 Å². The van der Waals surface area contributed by atoms with Gasteiger partial charge in [0, 0.05) is 47.6 Å². The van der Waals surface area contributed by atoms with E-state index in [4.69, 9.17) is 9.29 Å². The summed E-state index contributed by atoms with van der Waals surface area (Å²) >= 11 is -1.48. The van der Waals surface area contributed by atoms with E-state index in [1.807, 2.05) is 26.1 Å². The van der Waals surface area contributed by atoms with E-state index in [9.17, 15) is 9.00 Å². The van der Waals surface area contributed by atoms with Crippen LogP contribution in [-0.4, -0.2) is 40.0 Å². The van der Waals surface area contributed by atoms with Crippen LogP contribution in [0.3, 0.4) is 0 Å². The number of aliphatic hydroxyl groups is 1. The molecule has 1 aromatic heterocycles. The summed E-state index contributed by atoms with van der Waals surface area (Å²) < 4.78 is 17.4. The van der Waals surface area contributed by atoms with Crippen LogP contribution in [0.4, 0.5) is 5.69 Å². The summed E-state index contributed by atoms with van der Waals surface area (Å²) in [4.78, 5) is 16.5. The number of amides is 1. The number of aliphatic hydroxyl groups excluding tert-OH is 1. The van der Waals surface area contributed by atoms with Gasteiger partial charge in [-0.1, -0.05) is 6.58 Å². The van der Waals surface area contributed by atoms with Crippen LogP contribution in [-0.2, 0) is 26.5 Å². The Morgan fingerprint density at radius 2 is 2.13 bits per heavy atom. The molecule has 2 aliphatic heterocycles. The van der Waals surface area contributed by atoms with Crippen molar-refractivity contribution in [1.82, 2.24) is 10.3 Å². The first-order valence-corrected chi connectivity index (χ1v) is 11.0. The molecule has 2 aliphatic rings. The van der Waals surface area contributed by atoms with Gasteiger partial charge in [-0.25, -0.2) is 4.21 Å². The standard InChI is InChI=1S/C20H21N3O3S.C2H6O/c1-4-21-12(3)15-10-22-17(11(15)2)9-14-19-13-7-8-26-27(25)18(13)6-5-16(19)23-20(14)24;1-2-3/h5-6,9-10,21-22H,3-4,7-8H2,1-2H3,(H,23,24);3H,2H2,1H3/b14-9-;. The number of rotatable bonds is 4. The molecule has 7 nitrogen and oxygen atoms in total. The number of nitrogens with one attached hydrogen (secondary N) is 3. The van der Waals surface area contributed by atoms with Crippen molar-refractivity contribution in [2.24, 2.45) is 0 Å². The largest absolute Gasteiger partial charge is 0.397 e. The molecule has 4 rings (SSSR count). The fourth-order valence-corrected chi connectivity index (χ4v) is 4.54. The number of hydrogen-bond donors (Lipinski definition) is 4. The number of aromatic nitrogens is 1. The van der Waals surface area contributed by atoms with E-state index >= 15 is 0 Å². The molecule has 3 heterocycles. The number of aromatic amines is 1. The summed E-state index contributed by atoms with van der Waals surface area (Å²) in [5.74, 6) is -0.156. The lowest BCUT2D eigenvalue weighted by atomic mass is 9.97. The molecule has 4 N–H and O–H groups in total. The number of hydrogen-bond acceptors (Lipinski definition) is 5. The third-order valence-corrected chi connectivity index (χ3v) is 6.06. The molecule has 0 bridgehead atoms. The fraction of sp³-hybridized carbons (Fsp3) is 0.318. The molecule has 0 spiro atoms. The zero-order chi connectivity index (χ0) is 21.8. The van der Waals surface area contributed by atoms with E-state index in [2.05, 4.69) is 22.2 Å². The minimum Gasteiger partial charge on any atom is -0.397 e. The lowest BCUT2D eigenvalue weighted by molar-refractivity contribution is -0.110. The van der Waals surface area contributed by atoms with Crippen molar-refractivity contribution in [1.29, 1.82) is 0 Å². The Hall–Kier alpha value is -2.68. The van der Waals surface area contributed by atoms with Crippen molar-refractivity contribution in [2.75, 3.05) is 25.1 Å². The predicted octanol–water partition coefficient (Wildman–Crippen LogP) is 2.99. The first kappa shape index (κ1) is 22.0. The smallest absolute Gasteiger partial charge is 0.256 e. The highest BCUT2D eigenvalue weighted by Gasteiger charge is 2.31. The fourth-order valence-electron chi connectivity index (χ4n) is 3.60. The van der Waals surface area contributed by atoms with Crippen molar-refractivity contribution in [3.05, 3.63) is 52.9 Å². The van der Waals surface area contributed by atoms with Crippen molar-refractivity contribution < 1.29 is 18.3 Å². The summed E-state index contributed by atoms with van der Waals surface area (Å²) in [6, 6.07) is 3.56. The number of carbonyl (C=O) groups excluding carboxylic acids is 1. The molecule has 1 aromatic carbocycles. The van der Waals surface area contributed by atoms with Crippen molar-refractivity contribution in [3.63, 3.8) is 0 Å². The number of H-pyrrole nitrogens is 1. The molecule has 30 heavy (non-hydrogen) atoms. The summed E-state index contributed by atoms with van der Waals surface area (Å²) in [5, 5.41) is 13.7. The Kier molecular flexibility index (Phi) is 6.91. The van der Waals surface area contributed by atoms with Gasteiger partial charge in [0.15, 0.2) is 11.1 Å². The van der Waals surface area contributed by atoms with Gasteiger partial charge in [-0.3, -0.25) is 8.98 Å². The topological polar surface area (TPSA) is 103 Å². The normalized spacial score (nSPS) is 18.2. The van der Waals surface area contributed by atoms with Crippen LogP contribution in [0.15, 0.2) is 29.8 Å². The third kappa shape index (κ3) is 4.12. The van der Waals surface area contributed by atoms with Crippen LogP contribution in [0.5, 0.6) is 0 Å². The number of carbonyl (C=O) groups is 1. The molecule has 1 amide bonds. The highest BCUT2D eigenvalue weighted by Crippen LogP contribution is 2.40. The summed E-state index contributed by atoms with van der Waals surface area (Å²) in [6.07, 6.45) is 4.38. The molecule has 0 radical (unpaired) electrons. The lowest BCUT2D eigenvalue weighted by Gasteiger charge is -2.18. The SMILES string of the molecule is C=C(NCC)c1c[nH]c(/C=C2\C(=O)Nc3ccc4c(c32)CCOS4=O)c1C.CCO. The molecule has 0 fully saturated rings. The van der Waals surface area contributed by atoms with Gasteiger partial charge in [-0.15, -0.1) is 0 Å². The van der Waals surface area contributed by atoms with Crippen molar-refractivity contribution in [2.45, 2.75) is 32.1 Å². The lowest BCUT2D eigenvalue weighted by Crippen LogP contribution is -2.14. The van der Waals surface area contributed by atoms with Crippen molar-refractivity contribution in [3.8, 4) is 0 Å². The first-order chi connectivity index (χ1) is 14.4. The zero-order valence-electron chi connectivity index (χ0n) is 17.4. The molecule has 0 saturated carbocycles. The minimum absolute atomic E-state index is 0.156. The second kappa shape index (κ2) is 9.42. The Morgan fingerprint density at radius 3 is 2.83 bits per heavy atom. The number of fused-ring (bicyclic) bond motifs is 3. The van der Waals surface area contributed by atoms with Gasteiger partial charge in [-0.05, 0) is 56.5 Å². The van der Waals surface area contributed by atoms with Crippen LogP contribution in [0, 0.1) is 6.92 Å². The van der Waals surface area contributed by atoms with Crippen LogP contribution < -0.4 is 10.6 Å². The number of anilines is 1. The van der Waals surface area contributed by atoms with E-state index in [1.165, 1.54) is 0 Å². The Labute approximate surface area is 178 Å². The van der Waals surface area contributed by atoms with Gasteiger partial charge in [0.1, 0.15) is 0 Å². The highest BCUT2D eigenvalue weighted by molar-refractivity contribution is 7.80. The van der Waals surface area contributed by atoms with E-state index in [0.717, 1.165) is 45.9 Å². The third-order valence-electron chi connectivity index (χ3n) is 4.94. The molecule has 160 valence electrons. The van der Waals surface area contributed by atoms with Crippen LogP contribution >= 0.6 is 0 Å². The Morgan fingerprint density at radius 1 is 1.40 bits per heavy atom. The molecule has 8 heteroatoms. The summed E-state index contributed by atoms with van der Waals surface area (Å²) in [5.41, 5.74) is 6.79. The van der Waals surface area contributed by atoms with Gasteiger partial charge in [0.2, 0.25) is 0 Å². The monoisotopic (exact) mass is 429 g/mol. The van der Waals surface area contributed by atoms with E-state index in [1.54, 1.807) is 19.1 Å². The molecule has 2 aromatic rings. The summed E-state index contributed by atoms with van der Waals surface area (Å²) in [6.45, 7) is 11.2. The van der Waals surface area contributed by atoms with E-state index in [-0.39, 0.29) is 12.5 Å². The minimum atomic E-state index is -1.48. The number of benzene rings is 1. The predicted molar refractivity (Wildman–Crippen MR) is 120 cm³/mol. The molecular formula is C22H27N3O4S. The van der Waals surface area contributed by atoms with Gasteiger partial charge in [0.25, 0.3) is 5.91 Å². The maximum absolute atomic E-state index is 12.6. The second-order valence-corrected chi connectivity index (χ2v) is 7.99. The first-order valence-electron chi connectivity index (χ1n) is 9.89. The maximum atomic E-state index is 12.6. The van der Waals surface area contributed by atoms with Crippen LogP contribution in [0.1, 0.15) is 41.8 Å². The van der Waals surface area contributed by atoms with Gasteiger partial charge < -0.3 is 20.7 Å². The van der Waals surface area contributed by atoms with Crippen molar-refractivity contribution >= 4 is 40.0 Å². The Bertz CT molecular complexity index is 1040. The Balaban J connectivity index is 0.000000806. The van der Waals surface area contributed by atoms with Crippen LogP contribution in [0.25, 0.3) is 17.3 Å². The zero-order valence-corrected chi connectivity index (χ0v) is 18.2. The van der Waals surface area contributed by atoms with Gasteiger partial charge >= 0.3 is 0 Å². The molecular weight excluding hydrogens is 402 g/mol. The van der Waals surface area contributed by atoms with Crippen LogP contribution in [0.2, 0.25) is 0 Å². The van der Waals surface area contributed by atoms with E-state index in [0.29, 0.717) is 23.5 Å². The van der Waals surface area contributed by atoms with Gasteiger partial charge in [-0.2, -0.15) is 0 Å². The average molecular weight is 430 g/mol. The quantitative estimate of drug-likeness (QED) is 0.560. The molecule has 1 atom stereocenters. The summed E-state index contributed by atoms with van der Waals surface area (Å²) in [7, 11) is 0. The molecule has 0 saturated heterocycles. The average Bonchev–Trinajstić information content (AvgIpc) is 3.23. The van der Waals surface area contributed by atoms with Gasteiger partial charge in [0.05, 0.1) is 17.1 Å². The second-order valence-electron chi connectivity index (χ2n) is 6.85. The molecule has 1 unspecified atom stereocenters. The molecule has 0 aliphatic carbocycles. The highest BCUT2D eigenvalue weighted by atomic mass is 32.2.